The summed E-state index contributed by atoms with van der Waals surface area (Å²) in [6, 6.07) is -3.79. The number of hydrogen-bond donors (Lipinski definition) is 7. The summed E-state index contributed by atoms with van der Waals surface area (Å²) in [6.07, 6.45) is -0.736. The van der Waals surface area contributed by atoms with E-state index in [2.05, 4.69) is 16.0 Å². The van der Waals surface area contributed by atoms with E-state index >= 15 is 0 Å². The van der Waals surface area contributed by atoms with Crippen molar-refractivity contribution in [3.63, 3.8) is 0 Å². The molecular formula is C17H29N5O8. The van der Waals surface area contributed by atoms with Gasteiger partial charge in [-0.05, 0) is 12.3 Å². The Labute approximate surface area is 172 Å². The van der Waals surface area contributed by atoms with Gasteiger partial charge >= 0.3 is 11.9 Å². The summed E-state index contributed by atoms with van der Waals surface area (Å²) in [6.45, 7) is 2.87. The molecular weight excluding hydrogens is 402 g/mol. The molecule has 0 aliphatic rings. The fourth-order valence-electron chi connectivity index (χ4n) is 2.32. The van der Waals surface area contributed by atoms with Crippen molar-refractivity contribution in [2.24, 2.45) is 17.4 Å². The van der Waals surface area contributed by atoms with Crippen LogP contribution >= 0.6 is 0 Å². The van der Waals surface area contributed by atoms with E-state index in [0.717, 1.165) is 0 Å². The standard InChI is InChI=1S/C17H29N5O8/c1-3-8(2)14(16(28)21-10(17(29)30)4-5-13(25)26)22-12(24)7-20-15(27)9(18)6-11(19)23/h8-10,14H,3-7,18H2,1-2H3,(H2,19,23)(H,20,27)(H,21,28)(H,22,24)(H,25,26)(H,29,30). The quantitative estimate of drug-likeness (QED) is 0.151. The smallest absolute Gasteiger partial charge is 0.326 e. The van der Waals surface area contributed by atoms with E-state index in [1.807, 2.05) is 0 Å². The van der Waals surface area contributed by atoms with Crippen LogP contribution in [0.15, 0.2) is 0 Å². The molecule has 0 aliphatic heterocycles. The third-order valence-electron chi connectivity index (χ3n) is 4.25. The highest BCUT2D eigenvalue weighted by Crippen LogP contribution is 2.09. The Morgan fingerprint density at radius 1 is 1.00 bits per heavy atom. The first-order chi connectivity index (χ1) is 13.9. The van der Waals surface area contributed by atoms with Gasteiger partial charge in [-0.1, -0.05) is 20.3 Å². The van der Waals surface area contributed by atoms with Gasteiger partial charge in [-0.2, -0.15) is 0 Å². The van der Waals surface area contributed by atoms with Gasteiger partial charge < -0.3 is 37.6 Å². The van der Waals surface area contributed by atoms with Crippen LogP contribution in [-0.2, 0) is 28.8 Å². The van der Waals surface area contributed by atoms with Crippen LogP contribution in [0.25, 0.3) is 0 Å². The summed E-state index contributed by atoms with van der Waals surface area (Å²) in [5.74, 6) is -6.13. The Hall–Kier alpha value is -3.22. The average Bonchev–Trinajstić information content (AvgIpc) is 2.65. The van der Waals surface area contributed by atoms with Gasteiger partial charge in [0.1, 0.15) is 12.1 Å². The normalized spacial score (nSPS) is 14.5. The SMILES string of the molecule is CCC(C)C(NC(=O)CNC(=O)C(N)CC(N)=O)C(=O)NC(CCC(=O)O)C(=O)O. The van der Waals surface area contributed by atoms with Crippen LogP contribution in [0.1, 0.15) is 39.5 Å². The lowest BCUT2D eigenvalue weighted by Crippen LogP contribution is -2.56. The third kappa shape index (κ3) is 10.4. The van der Waals surface area contributed by atoms with E-state index in [0.29, 0.717) is 6.42 Å². The lowest BCUT2D eigenvalue weighted by atomic mass is 9.97. The molecule has 13 nitrogen and oxygen atoms in total. The molecule has 0 radical (unpaired) electrons. The Morgan fingerprint density at radius 2 is 1.60 bits per heavy atom. The maximum absolute atomic E-state index is 12.5. The van der Waals surface area contributed by atoms with Crippen LogP contribution in [0.3, 0.4) is 0 Å². The Morgan fingerprint density at radius 3 is 2.07 bits per heavy atom. The lowest BCUT2D eigenvalue weighted by Gasteiger charge is -2.25. The molecule has 170 valence electrons. The van der Waals surface area contributed by atoms with Crippen molar-refractivity contribution in [2.45, 2.75) is 57.7 Å². The minimum atomic E-state index is -1.44. The number of aliphatic carboxylic acids is 2. The van der Waals surface area contributed by atoms with Gasteiger partial charge in [-0.25, -0.2) is 4.79 Å². The van der Waals surface area contributed by atoms with Gasteiger partial charge in [-0.15, -0.1) is 0 Å². The molecule has 30 heavy (non-hydrogen) atoms. The number of carbonyl (C=O) groups excluding carboxylic acids is 4. The molecule has 0 fully saturated rings. The third-order valence-corrected chi connectivity index (χ3v) is 4.25. The zero-order valence-corrected chi connectivity index (χ0v) is 16.8. The van der Waals surface area contributed by atoms with E-state index in [-0.39, 0.29) is 6.42 Å². The summed E-state index contributed by atoms with van der Waals surface area (Å²) >= 11 is 0. The van der Waals surface area contributed by atoms with Crippen molar-refractivity contribution in [3.05, 3.63) is 0 Å². The molecule has 4 unspecified atom stereocenters. The van der Waals surface area contributed by atoms with Crippen molar-refractivity contribution in [1.29, 1.82) is 0 Å². The van der Waals surface area contributed by atoms with Gasteiger partial charge in [0.05, 0.1) is 19.0 Å². The maximum Gasteiger partial charge on any atom is 0.326 e. The second-order valence-corrected chi connectivity index (χ2v) is 6.76. The molecule has 0 saturated carbocycles. The molecule has 13 heteroatoms. The zero-order valence-electron chi connectivity index (χ0n) is 16.8. The van der Waals surface area contributed by atoms with Crippen LogP contribution < -0.4 is 27.4 Å². The number of carbonyl (C=O) groups is 6. The Balaban J connectivity index is 4.97. The molecule has 0 aliphatic carbocycles. The molecule has 0 heterocycles. The van der Waals surface area contributed by atoms with E-state index in [9.17, 15) is 28.8 Å². The minimum absolute atomic E-state index is 0.328. The van der Waals surface area contributed by atoms with Crippen LogP contribution in [0.2, 0.25) is 0 Å². The van der Waals surface area contributed by atoms with Crippen molar-refractivity contribution in [3.8, 4) is 0 Å². The fraction of sp³-hybridized carbons (Fsp3) is 0.647. The maximum atomic E-state index is 12.5. The van der Waals surface area contributed by atoms with Crippen molar-refractivity contribution >= 4 is 35.6 Å². The highest BCUT2D eigenvalue weighted by atomic mass is 16.4. The Bertz CT molecular complexity index is 669. The van der Waals surface area contributed by atoms with Crippen molar-refractivity contribution < 1.29 is 39.0 Å². The van der Waals surface area contributed by atoms with E-state index in [4.69, 9.17) is 21.7 Å². The molecule has 0 spiro atoms. The van der Waals surface area contributed by atoms with Gasteiger partial charge in [0, 0.05) is 6.42 Å². The number of hydrogen-bond acceptors (Lipinski definition) is 7. The van der Waals surface area contributed by atoms with Crippen LogP contribution in [0.4, 0.5) is 0 Å². The number of nitrogens with one attached hydrogen (secondary N) is 3. The first-order valence-corrected chi connectivity index (χ1v) is 9.24. The molecule has 0 aromatic carbocycles. The fourth-order valence-corrected chi connectivity index (χ4v) is 2.32. The highest BCUT2D eigenvalue weighted by molar-refractivity contribution is 5.93. The molecule has 9 N–H and O–H groups in total. The van der Waals surface area contributed by atoms with E-state index in [1.165, 1.54) is 0 Å². The van der Waals surface area contributed by atoms with Crippen LogP contribution in [0.5, 0.6) is 0 Å². The summed E-state index contributed by atoms with van der Waals surface area (Å²) in [4.78, 5) is 69.0. The van der Waals surface area contributed by atoms with Gasteiger partial charge in [-0.3, -0.25) is 24.0 Å². The summed E-state index contributed by atoms with van der Waals surface area (Å²) < 4.78 is 0. The topological polar surface area (TPSA) is 231 Å². The van der Waals surface area contributed by atoms with Crippen molar-refractivity contribution in [1.82, 2.24) is 16.0 Å². The minimum Gasteiger partial charge on any atom is -0.481 e. The second-order valence-electron chi connectivity index (χ2n) is 6.76. The monoisotopic (exact) mass is 431 g/mol. The summed E-state index contributed by atoms with van der Waals surface area (Å²) in [5, 5.41) is 24.7. The molecule has 0 rings (SSSR count). The van der Waals surface area contributed by atoms with Crippen LogP contribution in [0, 0.1) is 5.92 Å². The largest absolute Gasteiger partial charge is 0.481 e. The highest BCUT2D eigenvalue weighted by Gasteiger charge is 2.30. The first-order valence-electron chi connectivity index (χ1n) is 9.24. The molecule has 4 amide bonds. The van der Waals surface area contributed by atoms with Gasteiger partial charge in [0.15, 0.2) is 0 Å². The van der Waals surface area contributed by atoms with E-state index in [1.54, 1.807) is 13.8 Å². The lowest BCUT2D eigenvalue weighted by molar-refractivity contribution is -0.143. The number of primary amides is 1. The number of amides is 4. The molecule has 0 aromatic rings. The zero-order chi connectivity index (χ0) is 23.4. The van der Waals surface area contributed by atoms with Gasteiger partial charge in [0.25, 0.3) is 0 Å². The number of rotatable bonds is 14. The average molecular weight is 431 g/mol. The molecule has 0 bridgehead atoms. The number of carboxylic acid groups (broad SMARTS) is 2. The number of carboxylic acids is 2. The van der Waals surface area contributed by atoms with Crippen molar-refractivity contribution in [2.75, 3.05) is 6.54 Å². The molecule has 0 aromatic heterocycles. The van der Waals surface area contributed by atoms with Gasteiger partial charge in [0.2, 0.25) is 23.6 Å². The second kappa shape index (κ2) is 13.1. The first kappa shape index (κ1) is 26.8. The van der Waals surface area contributed by atoms with E-state index < -0.39 is 79.0 Å². The molecule has 0 saturated heterocycles. The predicted octanol–water partition coefficient (Wildman–Crippen LogP) is -2.73. The predicted molar refractivity (Wildman–Crippen MR) is 103 cm³/mol. The summed E-state index contributed by atoms with van der Waals surface area (Å²) in [7, 11) is 0. The Kier molecular flexibility index (Phi) is 11.7. The molecule has 4 atom stereocenters. The number of nitrogens with two attached hydrogens (primary N) is 2. The van der Waals surface area contributed by atoms with Crippen LogP contribution in [-0.4, -0.2) is 70.5 Å². The summed E-state index contributed by atoms with van der Waals surface area (Å²) in [5.41, 5.74) is 10.4.